The average molecular weight is 291 g/mol. The molecule has 0 atom stereocenters. The standard InChI is InChI=1S/C15H19ClN4/c1-10(2)9-17-14-8-11(3)18-15(20-14)19-13-6-4-12(16)5-7-13/h4-8,10H,9H2,1-3H3,(H2,17,18,19,20). The molecule has 0 spiro atoms. The number of hydrogen-bond donors (Lipinski definition) is 2. The third kappa shape index (κ3) is 4.38. The smallest absolute Gasteiger partial charge is 0.229 e. The maximum atomic E-state index is 5.87. The minimum absolute atomic E-state index is 0.568. The monoisotopic (exact) mass is 290 g/mol. The summed E-state index contributed by atoms with van der Waals surface area (Å²) < 4.78 is 0. The Hall–Kier alpha value is -1.81. The Morgan fingerprint density at radius 3 is 2.50 bits per heavy atom. The summed E-state index contributed by atoms with van der Waals surface area (Å²) >= 11 is 5.87. The van der Waals surface area contributed by atoms with E-state index >= 15 is 0 Å². The number of hydrogen-bond acceptors (Lipinski definition) is 4. The summed E-state index contributed by atoms with van der Waals surface area (Å²) in [4.78, 5) is 8.84. The molecule has 0 radical (unpaired) electrons. The van der Waals surface area contributed by atoms with Gasteiger partial charge in [-0.15, -0.1) is 0 Å². The first kappa shape index (κ1) is 14.6. The summed E-state index contributed by atoms with van der Waals surface area (Å²) in [6.45, 7) is 7.16. The van der Waals surface area contributed by atoms with Crippen LogP contribution in [0.1, 0.15) is 19.5 Å². The molecule has 0 aliphatic carbocycles. The summed E-state index contributed by atoms with van der Waals surface area (Å²) in [5.74, 6) is 1.99. The van der Waals surface area contributed by atoms with Gasteiger partial charge in [0.15, 0.2) is 0 Å². The fraction of sp³-hybridized carbons (Fsp3) is 0.333. The molecule has 4 nitrogen and oxygen atoms in total. The molecule has 0 aliphatic rings. The molecule has 5 heteroatoms. The van der Waals surface area contributed by atoms with Crippen LogP contribution in [-0.4, -0.2) is 16.5 Å². The van der Waals surface area contributed by atoms with Crippen LogP contribution in [-0.2, 0) is 0 Å². The highest BCUT2D eigenvalue weighted by Gasteiger charge is 2.03. The van der Waals surface area contributed by atoms with Crippen molar-refractivity contribution < 1.29 is 0 Å². The van der Waals surface area contributed by atoms with Crippen LogP contribution in [0.4, 0.5) is 17.5 Å². The van der Waals surface area contributed by atoms with Crippen LogP contribution in [0.15, 0.2) is 30.3 Å². The van der Waals surface area contributed by atoms with Crippen molar-refractivity contribution in [1.29, 1.82) is 0 Å². The lowest BCUT2D eigenvalue weighted by atomic mass is 10.2. The van der Waals surface area contributed by atoms with E-state index in [-0.39, 0.29) is 0 Å². The molecule has 106 valence electrons. The van der Waals surface area contributed by atoms with Crippen LogP contribution in [0, 0.1) is 12.8 Å². The summed E-state index contributed by atoms with van der Waals surface area (Å²) in [5, 5.41) is 7.20. The quantitative estimate of drug-likeness (QED) is 0.864. The van der Waals surface area contributed by atoms with Crippen LogP contribution in [0.25, 0.3) is 0 Å². The molecule has 2 N–H and O–H groups in total. The highest BCUT2D eigenvalue weighted by Crippen LogP contribution is 2.18. The Labute approximate surface area is 124 Å². The minimum Gasteiger partial charge on any atom is -0.370 e. The SMILES string of the molecule is Cc1cc(NCC(C)C)nc(Nc2ccc(Cl)cc2)n1. The van der Waals surface area contributed by atoms with Gasteiger partial charge in [0.1, 0.15) is 5.82 Å². The van der Waals surface area contributed by atoms with E-state index in [0.717, 1.165) is 23.7 Å². The van der Waals surface area contributed by atoms with Crippen molar-refractivity contribution in [1.82, 2.24) is 9.97 Å². The number of aromatic nitrogens is 2. The van der Waals surface area contributed by atoms with Gasteiger partial charge in [0, 0.05) is 29.0 Å². The van der Waals surface area contributed by atoms with Crippen LogP contribution >= 0.6 is 11.6 Å². The van der Waals surface area contributed by atoms with Gasteiger partial charge in [0.2, 0.25) is 5.95 Å². The second-order valence-electron chi connectivity index (χ2n) is 5.12. The van der Waals surface area contributed by atoms with E-state index in [0.29, 0.717) is 16.9 Å². The number of halogens is 1. The molecule has 0 saturated carbocycles. The maximum absolute atomic E-state index is 5.87. The van der Waals surface area contributed by atoms with Gasteiger partial charge in [0.05, 0.1) is 0 Å². The van der Waals surface area contributed by atoms with E-state index in [9.17, 15) is 0 Å². The fourth-order valence-electron chi connectivity index (χ4n) is 1.69. The van der Waals surface area contributed by atoms with Gasteiger partial charge >= 0.3 is 0 Å². The van der Waals surface area contributed by atoms with Gasteiger partial charge in [-0.3, -0.25) is 0 Å². The molecule has 1 heterocycles. The fourth-order valence-corrected chi connectivity index (χ4v) is 1.81. The Kier molecular flexibility index (Phi) is 4.79. The van der Waals surface area contributed by atoms with Crippen molar-refractivity contribution >= 4 is 29.1 Å². The van der Waals surface area contributed by atoms with Crippen LogP contribution in [0.2, 0.25) is 5.02 Å². The molecule has 2 aromatic rings. The minimum atomic E-state index is 0.568. The third-order valence-corrected chi connectivity index (χ3v) is 2.90. The summed E-state index contributed by atoms with van der Waals surface area (Å²) in [6, 6.07) is 9.40. The number of nitrogens with zero attached hydrogens (tertiary/aromatic N) is 2. The van der Waals surface area contributed by atoms with Gasteiger partial charge in [0.25, 0.3) is 0 Å². The molecule has 2 rings (SSSR count). The molecular weight excluding hydrogens is 272 g/mol. The zero-order valence-electron chi connectivity index (χ0n) is 11.9. The van der Waals surface area contributed by atoms with E-state index in [1.807, 2.05) is 37.3 Å². The Morgan fingerprint density at radius 1 is 1.15 bits per heavy atom. The van der Waals surface area contributed by atoms with E-state index in [4.69, 9.17) is 11.6 Å². The second kappa shape index (κ2) is 6.57. The van der Waals surface area contributed by atoms with Crippen LogP contribution in [0.3, 0.4) is 0 Å². The van der Waals surface area contributed by atoms with Crippen molar-refractivity contribution in [3.05, 3.63) is 41.0 Å². The van der Waals surface area contributed by atoms with Gasteiger partial charge in [-0.05, 0) is 37.1 Å². The molecule has 1 aromatic carbocycles. The number of nitrogens with one attached hydrogen (secondary N) is 2. The van der Waals surface area contributed by atoms with E-state index in [1.165, 1.54) is 0 Å². The molecule has 20 heavy (non-hydrogen) atoms. The predicted octanol–water partition coefficient (Wildman–Crippen LogP) is 4.25. The molecule has 0 unspecified atom stereocenters. The maximum Gasteiger partial charge on any atom is 0.229 e. The zero-order chi connectivity index (χ0) is 14.5. The van der Waals surface area contributed by atoms with Crippen molar-refractivity contribution in [2.24, 2.45) is 5.92 Å². The van der Waals surface area contributed by atoms with Crippen molar-refractivity contribution in [2.75, 3.05) is 17.2 Å². The lowest BCUT2D eigenvalue weighted by Crippen LogP contribution is -2.10. The van der Waals surface area contributed by atoms with E-state index in [2.05, 4.69) is 34.4 Å². The second-order valence-corrected chi connectivity index (χ2v) is 5.56. The van der Waals surface area contributed by atoms with Gasteiger partial charge in [-0.1, -0.05) is 25.4 Å². The number of anilines is 3. The van der Waals surface area contributed by atoms with Crippen LogP contribution in [0.5, 0.6) is 0 Å². The first-order chi connectivity index (χ1) is 9.52. The molecule has 0 amide bonds. The van der Waals surface area contributed by atoms with Gasteiger partial charge < -0.3 is 10.6 Å². The van der Waals surface area contributed by atoms with Crippen molar-refractivity contribution in [3.8, 4) is 0 Å². The first-order valence-corrected chi connectivity index (χ1v) is 7.03. The Bertz CT molecular complexity index is 567. The average Bonchev–Trinajstić information content (AvgIpc) is 2.38. The molecule has 0 bridgehead atoms. The lowest BCUT2D eigenvalue weighted by Gasteiger charge is -2.11. The zero-order valence-corrected chi connectivity index (χ0v) is 12.7. The largest absolute Gasteiger partial charge is 0.370 e. The number of benzene rings is 1. The van der Waals surface area contributed by atoms with Crippen molar-refractivity contribution in [2.45, 2.75) is 20.8 Å². The Morgan fingerprint density at radius 2 is 1.85 bits per heavy atom. The first-order valence-electron chi connectivity index (χ1n) is 6.65. The van der Waals surface area contributed by atoms with Gasteiger partial charge in [-0.25, -0.2) is 4.98 Å². The topological polar surface area (TPSA) is 49.8 Å². The summed E-state index contributed by atoms with van der Waals surface area (Å²) in [6.07, 6.45) is 0. The van der Waals surface area contributed by atoms with E-state index < -0.39 is 0 Å². The lowest BCUT2D eigenvalue weighted by molar-refractivity contribution is 0.687. The van der Waals surface area contributed by atoms with Gasteiger partial charge in [-0.2, -0.15) is 4.98 Å². The highest BCUT2D eigenvalue weighted by atomic mass is 35.5. The van der Waals surface area contributed by atoms with Crippen molar-refractivity contribution in [3.63, 3.8) is 0 Å². The summed E-state index contributed by atoms with van der Waals surface area (Å²) in [7, 11) is 0. The summed E-state index contributed by atoms with van der Waals surface area (Å²) in [5.41, 5.74) is 1.83. The highest BCUT2D eigenvalue weighted by molar-refractivity contribution is 6.30. The van der Waals surface area contributed by atoms with E-state index in [1.54, 1.807) is 0 Å². The molecular formula is C15H19ClN4. The predicted molar refractivity (Wildman–Crippen MR) is 84.8 cm³/mol. The normalized spacial score (nSPS) is 10.7. The third-order valence-electron chi connectivity index (χ3n) is 2.65. The molecule has 0 fully saturated rings. The van der Waals surface area contributed by atoms with Crippen LogP contribution < -0.4 is 10.6 Å². The number of aryl methyl sites for hydroxylation is 1. The molecule has 0 saturated heterocycles. The number of rotatable bonds is 5. The molecule has 1 aromatic heterocycles. The Balaban J connectivity index is 2.13. The molecule has 0 aliphatic heterocycles.